The van der Waals surface area contributed by atoms with E-state index in [9.17, 15) is 5.11 Å². The van der Waals surface area contributed by atoms with E-state index in [1.165, 1.54) is 0 Å². The zero-order valence-electron chi connectivity index (χ0n) is 11.0. The second-order valence-electron chi connectivity index (χ2n) is 4.56. The molecule has 100 valence electrons. The Morgan fingerprint density at radius 2 is 2.44 bits per heavy atom. The number of pyridine rings is 1. The average Bonchev–Trinajstić information content (AvgIpc) is 2.46. The molecular formula is C13H21N3O2. The number of morpholine rings is 1. The number of nitrogens with one attached hydrogen (secondary N) is 1. The minimum atomic E-state index is 0.0128. The van der Waals surface area contributed by atoms with E-state index in [-0.39, 0.29) is 12.6 Å². The maximum Gasteiger partial charge on any atom is 0.128 e. The smallest absolute Gasteiger partial charge is 0.128 e. The van der Waals surface area contributed by atoms with Crippen LogP contribution in [0.2, 0.25) is 0 Å². The van der Waals surface area contributed by atoms with E-state index < -0.39 is 0 Å². The zero-order chi connectivity index (χ0) is 13.0. The Bertz CT molecular complexity index is 369. The van der Waals surface area contributed by atoms with Gasteiger partial charge >= 0.3 is 0 Å². The van der Waals surface area contributed by atoms with E-state index >= 15 is 0 Å². The largest absolute Gasteiger partial charge is 0.394 e. The van der Waals surface area contributed by atoms with Crippen molar-refractivity contribution < 1.29 is 9.84 Å². The molecule has 2 N–H and O–H groups in total. The monoisotopic (exact) mass is 251 g/mol. The molecule has 0 amide bonds. The molecule has 1 fully saturated rings. The Labute approximate surface area is 108 Å². The maximum atomic E-state index is 9.34. The quantitative estimate of drug-likeness (QED) is 0.819. The van der Waals surface area contributed by atoms with Gasteiger partial charge in [-0.25, -0.2) is 4.98 Å². The van der Waals surface area contributed by atoms with Gasteiger partial charge in [-0.2, -0.15) is 0 Å². The summed E-state index contributed by atoms with van der Waals surface area (Å²) in [6.07, 6.45) is 1.89. The van der Waals surface area contributed by atoms with E-state index in [1.54, 1.807) is 0 Å². The molecule has 1 aliphatic rings. The molecule has 2 atom stereocenters. The first-order chi connectivity index (χ1) is 8.76. The second-order valence-corrected chi connectivity index (χ2v) is 4.56. The summed E-state index contributed by atoms with van der Waals surface area (Å²) in [5, 5.41) is 12.5. The van der Waals surface area contributed by atoms with Crippen LogP contribution >= 0.6 is 0 Å². The third kappa shape index (κ3) is 2.80. The van der Waals surface area contributed by atoms with Crippen LogP contribution in [0.3, 0.4) is 0 Å². The van der Waals surface area contributed by atoms with Gasteiger partial charge in [0.2, 0.25) is 0 Å². The highest BCUT2D eigenvalue weighted by Gasteiger charge is 2.23. The molecule has 0 spiro atoms. The van der Waals surface area contributed by atoms with Crippen molar-refractivity contribution in [3.05, 3.63) is 23.9 Å². The van der Waals surface area contributed by atoms with Crippen molar-refractivity contribution in [3.63, 3.8) is 0 Å². The van der Waals surface area contributed by atoms with Crippen LogP contribution in [0.15, 0.2) is 18.3 Å². The second kappa shape index (κ2) is 6.13. The highest BCUT2D eigenvalue weighted by atomic mass is 16.5. The SMILES string of the molecule is CNC(C)c1ccc(N2CCOCC2CO)nc1. The molecule has 1 aliphatic heterocycles. The van der Waals surface area contributed by atoms with Gasteiger partial charge in [0.1, 0.15) is 5.82 Å². The summed E-state index contributed by atoms with van der Waals surface area (Å²) in [6.45, 7) is 4.22. The van der Waals surface area contributed by atoms with E-state index in [0.29, 0.717) is 19.3 Å². The lowest BCUT2D eigenvalue weighted by Crippen LogP contribution is -2.48. The van der Waals surface area contributed by atoms with Crippen LogP contribution in [-0.2, 0) is 4.74 Å². The van der Waals surface area contributed by atoms with Crippen LogP contribution < -0.4 is 10.2 Å². The molecule has 0 aromatic carbocycles. The van der Waals surface area contributed by atoms with Gasteiger partial charge in [0.25, 0.3) is 0 Å². The third-order valence-corrected chi connectivity index (χ3v) is 3.44. The number of nitrogens with zero attached hydrogens (tertiary/aromatic N) is 2. The van der Waals surface area contributed by atoms with Gasteiger partial charge in [-0.05, 0) is 25.6 Å². The standard InChI is InChI=1S/C13H21N3O2/c1-10(14-2)11-3-4-13(15-7-11)16-5-6-18-9-12(16)8-17/h3-4,7,10,12,14,17H,5-6,8-9H2,1-2H3. The normalized spacial score (nSPS) is 21.9. The summed E-state index contributed by atoms with van der Waals surface area (Å²) in [5.41, 5.74) is 1.16. The van der Waals surface area contributed by atoms with Crippen molar-refractivity contribution in [1.82, 2.24) is 10.3 Å². The fraction of sp³-hybridized carbons (Fsp3) is 0.615. The number of aliphatic hydroxyl groups is 1. The lowest BCUT2D eigenvalue weighted by atomic mass is 10.1. The molecule has 5 heteroatoms. The minimum Gasteiger partial charge on any atom is -0.394 e. The van der Waals surface area contributed by atoms with Gasteiger partial charge in [0.15, 0.2) is 0 Å². The van der Waals surface area contributed by atoms with Gasteiger partial charge in [-0.1, -0.05) is 6.07 Å². The minimum absolute atomic E-state index is 0.0128. The number of aliphatic hydroxyl groups excluding tert-OH is 1. The van der Waals surface area contributed by atoms with Crippen molar-refractivity contribution in [2.45, 2.75) is 19.0 Å². The lowest BCUT2D eigenvalue weighted by Gasteiger charge is -2.35. The first-order valence-corrected chi connectivity index (χ1v) is 6.34. The number of rotatable bonds is 4. The molecule has 0 radical (unpaired) electrons. The predicted molar refractivity (Wildman–Crippen MR) is 70.8 cm³/mol. The van der Waals surface area contributed by atoms with Gasteiger partial charge in [-0.3, -0.25) is 0 Å². The summed E-state index contributed by atoms with van der Waals surface area (Å²) in [7, 11) is 1.93. The first-order valence-electron chi connectivity index (χ1n) is 6.34. The molecule has 1 saturated heterocycles. The Balaban J connectivity index is 2.12. The van der Waals surface area contributed by atoms with Crippen LogP contribution in [0.4, 0.5) is 5.82 Å². The van der Waals surface area contributed by atoms with Gasteiger partial charge in [0.05, 0.1) is 25.9 Å². The first kappa shape index (κ1) is 13.3. The van der Waals surface area contributed by atoms with Crippen LogP contribution in [0.25, 0.3) is 0 Å². The molecule has 2 rings (SSSR count). The van der Waals surface area contributed by atoms with Crippen molar-refractivity contribution in [2.24, 2.45) is 0 Å². The molecule has 0 saturated carbocycles. The van der Waals surface area contributed by atoms with Crippen molar-refractivity contribution >= 4 is 5.82 Å². The number of anilines is 1. The Morgan fingerprint density at radius 3 is 3.06 bits per heavy atom. The van der Waals surface area contributed by atoms with Gasteiger partial charge in [0, 0.05) is 18.8 Å². The fourth-order valence-corrected chi connectivity index (χ4v) is 2.10. The topological polar surface area (TPSA) is 57.6 Å². The molecule has 18 heavy (non-hydrogen) atoms. The molecule has 1 aromatic heterocycles. The van der Waals surface area contributed by atoms with E-state index in [0.717, 1.165) is 17.9 Å². The predicted octanol–water partition coefficient (Wildman–Crippen LogP) is 0.559. The van der Waals surface area contributed by atoms with E-state index in [2.05, 4.69) is 28.2 Å². The Morgan fingerprint density at radius 1 is 1.61 bits per heavy atom. The average molecular weight is 251 g/mol. The van der Waals surface area contributed by atoms with Crippen LogP contribution in [0.5, 0.6) is 0 Å². The molecule has 5 nitrogen and oxygen atoms in total. The summed E-state index contributed by atoms with van der Waals surface area (Å²) < 4.78 is 5.36. The molecular weight excluding hydrogens is 230 g/mol. The molecule has 1 aromatic rings. The molecule has 2 heterocycles. The van der Waals surface area contributed by atoms with Gasteiger partial charge in [-0.15, -0.1) is 0 Å². The highest BCUT2D eigenvalue weighted by molar-refractivity contribution is 5.41. The van der Waals surface area contributed by atoms with Crippen LogP contribution in [-0.4, -0.2) is 49.5 Å². The van der Waals surface area contributed by atoms with Crippen LogP contribution in [0, 0.1) is 0 Å². The Hall–Kier alpha value is -1.17. The lowest BCUT2D eigenvalue weighted by molar-refractivity contribution is 0.0723. The number of hydrogen-bond acceptors (Lipinski definition) is 5. The van der Waals surface area contributed by atoms with Gasteiger partial charge < -0.3 is 20.1 Å². The van der Waals surface area contributed by atoms with Crippen molar-refractivity contribution in [1.29, 1.82) is 0 Å². The highest BCUT2D eigenvalue weighted by Crippen LogP contribution is 2.19. The van der Waals surface area contributed by atoms with Crippen molar-refractivity contribution in [2.75, 3.05) is 38.3 Å². The number of aromatic nitrogens is 1. The molecule has 0 bridgehead atoms. The summed E-state index contributed by atoms with van der Waals surface area (Å²) in [6, 6.07) is 4.40. The molecule has 2 unspecified atom stereocenters. The fourth-order valence-electron chi connectivity index (χ4n) is 2.10. The summed E-state index contributed by atoms with van der Waals surface area (Å²) in [4.78, 5) is 6.60. The maximum absolute atomic E-state index is 9.34. The number of ether oxygens (including phenoxy) is 1. The van der Waals surface area contributed by atoms with E-state index in [4.69, 9.17) is 4.74 Å². The number of hydrogen-bond donors (Lipinski definition) is 2. The summed E-state index contributed by atoms with van der Waals surface area (Å²) >= 11 is 0. The third-order valence-electron chi connectivity index (χ3n) is 3.44. The van der Waals surface area contributed by atoms with Crippen molar-refractivity contribution in [3.8, 4) is 0 Å². The van der Waals surface area contributed by atoms with Crippen LogP contribution in [0.1, 0.15) is 18.5 Å². The Kier molecular flexibility index (Phi) is 4.52. The summed E-state index contributed by atoms with van der Waals surface area (Å²) in [5.74, 6) is 0.907. The molecule has 0 aliphatic carbocycles. The zero-order valence-corrected chi connectivity index (χ0v) is 11.0. The van der Waals surface area contributed by atoms with E-state index in [1.807, 2.05) is 19.3 Å².